The van der Waals surface area contributed by atoms with E-state index in [0.29, 0.717) is 17.3 Å². The summed E-state index contributed by atoms with van der Waals surface area (Å²) >= 11 is 7.16. The van der Waals surface area contributed by atoms with E-state index in [-0.39, 0.29) is 12.5 Å². The molecule has 5 heteroatoms. The number of carbonyl (C=O) groups is 1. The summed E-state index contributed by atoms with van der Waals surface area (Å²) in [5, 5.41) is 11.8. The second-order valence-corrected chi connectivity index (χ2v) is 4.30. The van der Waals surface area contributed by atoms with Crippen LogP contribution in [0, 0.1) is 0 Å². The van der Waals surface area contributed by atoms with Crippen LogP contribution in [0.15, 0.2) is 29.2 Å². The van der Waals surface area contributed by atoms with Crippen LogP contribution in [0.25, 0.3) is 0 Å². The highest BCUT2D eigenvalue weighted by Crippen LogP contribution is 2.19. The molecule has 2 N–H and O–H groups in total. The molecule has 0 saturated carbocycles. The Labute approximate surface area is 97.8 Å². The molecule has 0 aliphatic rings. The van der Waals surface area contributed by atoms with Crippen molar-refractivity contribution in [2.75, 3.05) is 18.9 Å². The minimum Gasteiger partial charge on any atom is -0.395 e. The average Bonchev–Trinajstić information content (AvgIpc) is 2.25. The second-order valence-electron chi connectivity index (χ2n) is 2.82. The monoisotopic (exact) mass is 245 g/mol. The number of amides is 1. The minimum atomic E-state index is -0.0796. The topological polar surface area (TPSA) is 49.3 Å². The molecular weight excluding hydrogens is 234 g/mol. The maximum absolute atomic E-state index is 11.2. The Kier molecular flexibility index (Phi) is 5.53. The molecule has 0 aromatic heterocycles. The van der Waals surface area contributed by atoms with Crippen LogP contribution in [0.3, 0.4) is 0 Å². The highest BCUT2D eigenvalue weighted by molar-refractivity contribution is 8.00. The highest BCUT2D eigenvalue weighted by atomic mass is 35.5. The predicted octanol–water partition coefficient (Wildman–Crippen LogP) is 1.54. The minimum absolute atomic E-state index is 0.0304. The molecule has 82 valence electrons. The van der Waals surface area contributed by atoms with E-state index in [4.69, 9.17) is 16.7 Å². The fraction of sp³-hybridized carbons (Fsp3) is 0.300. The van der Waals surface area contributed by atoms with Gasteiger partial charge in [-0.2, -0.15) is 0 Å². The van der Waals surface area contributed by atoms with Gasteiger partial charge in [-0.1, -0.05) is 11.6 Å². The molecule has 0 atom stereocenters. The van der Waals surface area contributed by atoms with E-state index in [9.17, 15) is 4.79 Å². The maximum Gasteiger partial charge on any atom is 0.230 e. The van der Waals surface area contributed by atoms with E-state index < -0.39 is 0 Å². The SMILES string of the molecule is O=C(CSc1ccc(Cl)cc1)NCCO. The number of hydrogen-bond acceptors (Lipinski definition) is 3. The van der Waals surface area contributed by atoms with Crippen molar-refractivity contribution < 1.29 is 9.90 Å². The Balaban J connectivity index is 2.30. The van der Waals surface area contributed by atoms with Gasteiger partial charge < -0.3 is 10.4 Å². The summed E-state index contributed by atoms with van der Waals surface area (Å²) in [4.78, 5) is 12.2. The number of carbonyl (C=O) groups excluding carboxylic acids is 1. The molecule has 1 aromatic carbocycles. The lowest BCUT2D eigenvalue weighted by atomic mass is 10.4. The fourth-order valence-electron chi connectivity index (χ4n) is 0.926. The van der Waals surface area contributed by atoms with Gasteiger partial charge in [-0.05, 0) is 24.3 Å². The van der Waals surface area contributed by atoms with Crippen LogP contribution in [0.4, 0.5) is 0 Å². The summed E-state index contributed by atoms with van der Waals surface area (Å²) in [6, 6.07) is 7.31. The van der Waals surface area contributed by atoms with Crippen molar-refractivity contribution in [3.63, 3.8) is 0 Å². The van der Waals surface area contributed by atoms with Gasteiger partial charge in [0.2, 0.25) is 5.91 Å². The van der Waals surface area contributed by atoms with E-state index in [2.05, 4.69) is 5.32 Å². The number of nitrogens with one attached hydrogen (secondary N) is 1. The lowest BCUT2D eigenvalue weighted by molar-refractivity contribution is -0.118. The molecule has 3 nitrogen and oxygen atoms in total. The quantitative estimate of drug-likeness (QED) is 0.774. The fourth-order valence-corrected chi connectivity index (χ4v) is 1.78. The Morgan fingerprint density at radius 3 is 2.67 bits per heavy atom. The number of thioether (sulfide) groups is 1. The predicted molar refractivity (Wildman–Crippen MR) is 62.3 cm³/mol. The average molecular weight is 246 g/mol. The summed E-state index contributed by atoms with van der Waals surface area (Å²) < 4.78 is 0. The number of rotatable bonds is 5. The zero-order valence-corrected chi connectivity index (χ0v) is 9.64. The lowest BCUT2D eigenvalue weighted by Crippen LogP contribution is -2.27. The zero-order chi connectivity index (χ0) is 11.1. The molecule has 1 aromatic rings. The van der Waals surface area contributed by atoms with Gasteiger partial charge in [0.1, 0.15) is 0 Å². The van der Waals surface area contributed by atoms with Crippen LogP contribution in [0.1, 0.15) is 0 Å². The zero-order valence-electron chi connectivity index (χ0n) is 8.07. The van der Waals surface area contributed by atoms with Crippen LogP contribution in [-0.4, -0.2) is 29.9 Å². The standard InChI is InChI=1S/C10H12ClNO2S/c11-8-1-3-9(4-2-8)15-7-10(14)12-5-6-13/h1-4,13H,5-7H2,(H,12,14). The maximum atomic E-state index is 11.2. The Morgan fingerprint density at radius 2 is 2.07 bits per heavy atom. The number of halogens is 1. The van der Waals surface area contributed by atoms with Gasteiger partial charge in [0.15, 0.2) is 0 Å². The number of hydrogen-bond donors (Lipinski definition) is 2. The first-order valence-corrected chi connectivity index (χ1v) is 5.84. The molecule has 0 spiro atoms. The molecule has 0 bridgehead atoms. The van der Waals surface area contributed by atoms with Gasteiger partial charge in [-0.15, -0.1) is 11.8 Å². The molecule has 0 aliphatic heterocycles. The van der Waals surface area contributed by atoms with Gasteiger partial charge >= 0.3 is 0 Å². The first-order valence-electron chi connectivity index (χ1n) is 4.48. The molecule has 0 heterocycles. The van der Waals surface area contributed by atoms with E-state index >= 15 is 0 Å². The Hall–Kier alpha value is -0.710. The summed E-state index contributed by atoms with van der Waals surface area (Å²) in [6.07, 6.45) is 0. The Bertz CT molecular complexity index is 316. The van der Waals surface area contributed by atoms with Crippen LogP contribution >= 0.6 is 23.4 Å². The number of aliphatic hydroxyl groups is 1. The lowest BCUT2D eigenvalue weighted by Gasteiger charge is -2.03. The van der Waals surface area contributed by atoms with E-state index in [1.54, 1.807) is 12.1 Å². The van der Waals surface area contributed by atoms with E-state index in [1.165, 1.54) is 11.8 Å². The van der Waals surface area contributed by atoms with Crippen molar-refractivity contribution in [1.82, 2.24) is 5.32 Å². The molecule has 0 unspecified atom stereocenters. The first kappa shape index (κ1) is 12.4. The summed E-state index contributed by atoms with van der Waals surface area (Å²) in [5.74, 6) is 0.269. The van der Waals surface area contributed by atoms with Crippen LogP contribution in [0.2, 0.25) is 5.02 Å². The molecule has 0 saturated heterocycles. The first-order chi connectivity index (χ1) is 7.22. The van der Waals surface area contributed by atoms with Crippen molar-refractivity contribution >= 4 is 29.3 Å². The van der Waals surface area contributed by atoms with E-state index in [0.717, 1.165) is 4.90 Å². The smallest absolute Gasteiger partial charge is 0.230 e. The van der Waals surface area contributed by atoms with Gasteiger partial charge in [0.25, 0.3) is 0 Å². The van der Waals surface area contributed by atoms with Gasteiger partial charge in [-0.25, -0.2) is 0 Å². The normalized spacial score (nSPS) is 10.0. The largest absolute Gasteiger partial charge is 0.395 e. The third-order valence-corrected chi connectivity index (χ3v) is 2.88. The number of aliphatic hydroxyl groups excluding tert-OH is 1. The molecule has 0 fully saturated rings. The molecule has 1 amide bonds. The van der Waals surface area contributed by atoms with Crippen molar-refractivity contribution in [1.29, 1.82) is 0 Å². The van der Waals surface area contributed by atoms with Crippen LogP contribution in [-0.2, 0) is 4.79 Å². The molecule has 15 heavy (non-hydrogen) atoms. The summed E-state index contributed by atoms with van der Waals surface area (Å²) in [7, 11) is 0. The number of benzene rings is 1. The van der Waals surface area contributed by atoms with Crippen molar-refractivity contribution in [2.45, 2.75) is 4.90 Å². The third kappa shape index (κ3) is 5.06. The van der Waals surface area contributed by atoms with Gasteiger partial charge in [0, 0.05) is 16.5 Å². The molecular formula is C10H12ClNO2S. The molecule has 0 radical (unpaired) electrons. The van der Waals surface area contributed by atoms with Gasteiger partial charge in [-0.3, -0.25) is 4.79 Å². The third-order valence-electron chi connectivity index (χ3n) is 1.62. The summed E-state index contributed by atoms with van der Waals surface area (Å²) in [6.45, 7) is 0.275. The highest BCUT2D eigenvalue weighted by Gasteiger charge is 2.01. The second kappa shape index (κ2) is 6.71. The Morgan fingerprint density at radius 1 is 1.40 bits per heavy atom. The molecule has 1 rings (SSSR count). The van der Waals surface area contributed by atoms with Gasteiger partial charge in [0.05, 0.1) is 12.4 Å². The van der Waals surface area contributed by atoms with Crippen molar-refractivity contribution in [3.05, 3.63) is 29.3 Å². The van der Waals surface area contributed by atoms with Crippen LogP contribution in [0.5, 0.6) is 0 Å². The van der Waals surface area contributed by atoms with E-state index in [1.807, 2.05) is 12.1 Å². The van der Waals surface area contributed by atoms with Crippen LogP contribution < -0.4 is 5.32 Å². The van der Waals surface area contributed by atoms with Crippen molar-refractivity contribution in [3.8, 4) is 0 Å². The van der Waals surface area contributed by atoms with Crippen molar-refractivity contribution in [2.24, 2.45) is 0 Å². The molecule has 0 aliphatic carbocycles. The summed E-state index contributed by atoms with van der Waals surface area (Å²) in [5.41, 5.74) is 0.